The van der Waals surface area contributed by atoms with Crippen molar-refractivity contribution in [3.63, 3.8) is 0 Å². The Morgan fingerprint density at radius 2 is 2.00 bits per heavy atom. The minimum Gasteiger partial charge on any atom is -0.411 e. The fourth-order valence-electron chi connectivity index (χ4n) is 0. The predicted octanol–water partition coefficient (Wildman–Crippen LogP) is -0.327. The van der Waals surface area contributed by atoms with Crippen LogP contribution in [0.5, 0.6) is 0 Å². The molecule has 0 rings (SSSR count). The van der Waals surface area contributed by atoms with Gasteiger partial charge in [0, 0.05) is 0 Å². The molecule has 3 heteroatoms. The van der Waals surface area contributed by atoms with E-state index in [0.29, 0.717) is 0 Å². The summed E-state index contributed by atoms with van der Waals surface area (Å²) in [6.45, 7) is 3.24. The van der Waals surface area contributed by atoms with Gasteiger partial charge in [-0.1, -0.05) is 0 Å². The summed E-state index contributed by atoms with van der Waals surface area (Å²) in [7, 11) is -2.32. The lowest BCUT2D eigenvalue weighted by Crippen LogP contribution is -2.23. The van der Waals surface area contributed by atoms with Crippen molar-refractivity contribution < 1.29 is 9.60 Å². The topological polar surface area (TPSA) is 40.5 Å². The zero-order valence-corrected chi connectivity index (χ0v) is 4.32. The van der Waals surface area contributed by atoms with Gasteiger partial charge in [-0.3, -0.25) is 0 Å². The van der Waals surface area contributed by atoms with E-state index in [9.17, 15) is 0 Å². The Morgan fingerprint density at radius 1 is 1.60 bits per heavy atom. The average Bonchev–Trinajstić information content (AvgIpc) is 1.68. The third kappa shape index (κ3) is 1010. The lowest BCUT2D eigenvalue weighted by molar-refractivity contribution is 0.382. The van der Waals surface area contributed by atoms with Crippen molar-refractivity contribution in [1.29, 1.82) is 2.86 Å². The van der Waals surface area contributed by atoms with Crippen LogP contribution in [0.4, 0.5) is 0 Å². The zero-order chi connectivity index (χ0) is 5.91. The standard InChI is InChI=1S/C2H8O2Si/c1-5(2,3)4/h3-4H,1-2H3/i3D,4D. The van der Waals surface area contributed by atoms with Crippen molar-refractivity contribution in [3.8, 4) is 0 Å². The second kappa shape index (κ2) is 1.08. The van der Waals surface area contributed by atoms with Crippen molar-refractivity contribution in [2.75, 3.05) is 0 Å². The Hall–Kier alpha value is 0.137. The molecule has 0 unspecified atom stereocenters. The van der Waals surface area contributed by atoms with E-state index in [1.165, 1.54) is 0 Å². The van der Waals surface area contributed by atoms with Gasteiger partial charge in [-0.05, 0) is 13.1 Å². The third-order valence-corrected chi connectivity index (χ3v) is 0. The zero-order valence-electron chi connectivity index (χ0n) is 5.32. The van der Waals surface area contributed by atoms with Crippen LogP contribution < -0.4 is 0 Å². The molecule has 0 radical (unpaired) electrons. The Balaban J connectivity index is 3.36. The van der Waals surface area contributed by atoms with Gasteiger partial charge in [0.2, 0.25) is 0 Å². The summed E-state index contributed by atoms with van der Waals surface area (Å²) >= 11 is 0. The van der Waals surface area contributed by atoms with E-state index in [1.807, 2.05) is 0 Å². The van der Waals surface area contributed by atoms with Crippen LogP contribution >= 0.6 is 0 Å². The highest BCUT2D eigenvalue weighted by Gasteiger charge is 2.08. The molecule has 0 aliphatic heterocycles. The lowest BCUT2D eigenvalue weighted by atomic mass is 11.9. The Labute approximate surface area is 35.3 Å². The first-order valence-corrected chi connectivity index (χ1v) is 4.22. The van der Waals surface area contributed by atoms with Crippen molar-refractivity contribution in [2.45, 2.75) is 13.1 Å². The van der Waals surface area contributed by atoms with E-state index in [4.69, 9.17) is 2.86 Å². The maximum Gasteiger partial charge on any atom is 0.326 e. The Kier molecular flexibility index (Phi) is 0.505. The molecule has 0 saturated carbocycles. The quantitative estimate of drug-likeness (QED) is 0.460. The summed E-state index contributed by atoms with van der Waals surface area (Å²) in [5.74, 6) is 0. The van der Waals surface area contributed by atoms with Crippen LogP contribution in [0.25, 0.3) is 0 Å². The molecule has 0 aromatic carbocycles. The normalized spacial score (nSPS) is 17.2. The number of hydrogen-bond acceptors (Lipinski definition) is 2. The first-order valence-electron chi connectivity index (χ1n) is 2.22. The van der Waals surface area contributed by atoms with Crippen LogP contribution in [-0.2, 0) is 0 Å². The van der Waals surface area contributed by atoms with Crippen LogP contribution in [-0.4, -0.2) is 21.0 Å². The van der Waals surface area contributed by atoms with Crippen LogP contribution in [0.1, 0.15) is 0 Å². The maximum absolute atomic E-state index is 6.32. The largest absolute Gasteiger partial charge is 0.411 e. The van der Waals surface area contributed by atoms with E-state index in [2.05, 4.69) is 9.60 Å². The second-order valence-corrected chi connectivity index (χ2v) is 4.20. The third-order valence-electron chi connectivity index (χ3n) is 0. The van der Waals surface area contributed by atoms with E-state index in [0.717, 1.165) is 0 Å². The molecule has 0 saturated heterocycles. The molecule has 0 bridgehead atoms. The summed E-state index contributed by atoms with van der Waals surface area (Å²) < 4.78 is 12.6. The SMILES string of the molecule is [2H]O[Si](C)(C)O[2H]. The van der Waals surface area contributed by atoms with Crippen molar-refractivity contribution in [1.82, 2.24) is 0 Å². The first kappa shape index (κ1) is 2.33. The van der Waals surface area contributed by atoms with Crippen LogP contribution in [0.2, 0.25) is 13.1 Å². The smallest absolute Gasteiger partial charge is 0.326 e. The monoisotopic (exact) mass is 94.0 g/mol. The number of rotatable bonds is 2. The molecular formula is C2H8O2Si. The van der Waals surface area contributed by atoms with Gasteiger partial charge in [0.05, 0.1) is 0 Å². The van der Waals surface area contributed by atoms with Gasteiger partial charge in [-0.2, -0.15) is 0 Å². The molecule has 0 fully saturated rings. The highest BCUT2D eigenvalue weighted by atomic mass is 28.4. The maximum atomic E-state index is 6.32. The summed E-state index contributed by atoms with van der Waals surface area (Å²) in [6, 6.07) is 0. The molecule has 32 valence electrons. The van der Waals surface area contributed by atoms with Crippen LogP contribution in [0.3, 0.4) is 0 Å². The fraction of sp³-hybridized carbons (Fsp3) is 1.00. The van der Waals surface area contributed by atoms with Crippen molar-refractivity contribution >= 4 is 8.56 Å². The van der Waals surface area contributed by atoms with E-state index in [1.54, 1.807) is 13.1 Å². The molecule has 0 amide bonds. The molecule has 2 nitrogen and oxygen atoms in total. The summed E-state index contributed by atoms with van der Waals surface area (Å²) in [5.41, 5.74) is 0. The Morgan fingerprint density at radius 3 is 2.00 bits per heavy atom. The van der Waals surface area contributed by atoms with E-state index in [-0.39, 0.29) is 0 Å². The average molecular weight is 94.2 g/mol. The minimum atomic E-state index is -2.32. The van der Waals surface area contributed by atoms with E-state index >= 15 is 0 Å². The van der Waals surface area contributed by atoms with Crippen LogP contribution in [0, 0.1) is 0 Å². The molecule has 0 aromatic heterocycles. The van der Waals surface area contributed by atoms with Crippen LogP contribution in [0.15, 0.2) is 0 Å². The highest BCUT2D eigenvalue weighted by molar-refractivity contribution is 6.61. The highest BCUT2D eigenvalue weighted by Crippen LogP contribution is 1.82. The van der Waals surface area contributed by atoms with E-state index < -0.39 is 8.56 Å². The van der Waals surface area contributed by atoms with Gasteiger partial charge in [0.1, 0.15) is 0 Å². The molecule has 0 aliphatic rings. The van der Waals surface area contributed by atoms with Gasteiger partial charge >= 0.3 is 8.56 Å². The number of hydrogen-bond donors (Lipinski definition) is 2. The minimum absolute atomic E-state index is 1.62. The van der Waals surface area contributed by atoms with Gasteiger partial charge in [0.25, 0.3) is 0 Å². The first-order chi connectivity index (χ1) is 3.12. The summed E-state index contributed by atoms with van der Waals surface area (Å²) in [5, 5.41) is 0. The molecular weight excluding hydrogens is 84.1 g/mol. The summed E-state index contributed by atoms with van der Waals surface area (Å²) in [6.07, 6.45) is 0. The second-order valence-electron chi connectivity index (χ2n) is 1.40. The van der Waals surface area contributed by atoms with Crippen molar-refractivity contribution in [2.24, 2.45) is 0 Å². The lowest BCUT2D eigenvalue weighted by Gasteiger charge is -1.97. The van der Waals surface area contributed by atoms with Crippen molar-refractivity contribution in [3.05, 3.63) is 0 Å². The molecule has 0 aromatic rings. The molecule has 0 heterocycles. The Bertz CT molecular complexity index is 51.7. The molecule has 0 aliphatic carbocycles. The molecule has 5 heavy (non-hydrogen) atoms. The predicted molar refractivity (Wildman–Crippen MR) is 21.9 cm³/mol. The van der Waals surface area contributed by atoms with Gasteiger partial charge < -0.3 is 9.60 Å². The van der Waals surface area contributed by atoms with Gasteiger partial charge in [0.15, 0.2) is 2.86 Å². The van der Waals surface area contributed by atoms with Gasteiger partial charge in [-0.15, -0.1) is 0 Å². The molecule has 0 spiro atoms. The molecule has 2 N–H and O–H groups in total. The fourth-order valence-corrected chi connectivity index (χ4v) is 0. The summed E-state index contributed by atoms with van der Waals surface area (Å²) in [4.78, 5) is 8.13. The van der Waals surface area contributed by atoms with Gasteiger partial charge in [-0.25, -0.2) is 0 Å². The molecule has 0 atom stereocenters.